The number of hydrogen-bond acceptors (Lipinski definition) is 2. The lowest BCUT2D eigenvalue weighted by Gasteiger charge is -2.23. The third kappa shape index (κ3) is 60.6. The molecule has 0 aromatic rings. The zero-order valence-corrected chi connectivity index (χ0v) is 32.2. The number of rotatable bonds is 31. The Bertz CT molecular complexity index is 513. The van der Waals surface area contributed by atoms with Gasteiger partial charge in [-0.05, 0) is 40.4 Å². The van der Waals surface area contributed by atoms with Crippen LogP contribution in [-0.2, 0) is 4.79 Å². The highest BCUT2D eigenvalue weighted by molar-refractivity contribution is 5.66. The van der Waals surface area contributed by atoms with Crippen LogP contribution in [0.4, 0.5) is 0 Å². The molecule has 0 saturated heterocycles. The maximum Gasteiger partial charge on any atom is 0.303 e. The number of carboxylic acid groups (broad SMARTS) is 1. The Hall–Kier alpha value is -0.610. The molecule has 0 aliphatic rings. The van der Waals surface area contributed by atoms with E-state index in [1.807, 2.05) is 26.0 Å². The Morgan fingerprint density at radius 3 is 0.841 bits per heavy atom. The van der Waals surface area contributed by atoms with Crippen LogP contribution in [0.15, 0.2) is 0 Å². The summed E-state index contributed by atoms with van der Waals surface area (Å²) in [6.07, 6.45) is 40.6. The number of quaternary nitrogens is 1. The van der Waals surface area contributed by atoms with E-state index in [9.17, 15) is 4.79 Å². The molecule has 0 atom stereocenters. The van der Waals surface area contributed by atoms with Gasteiger partial charge in [-0.3, -0.25) is 4.79 Å². The fourth-order valence-corrected chi connectivity index (χ4v) is 5.43. The molecule has 0 rings (SSSR count). The van der Waals surface area contributed by atoms with Crippen LogP contribution in [0.25, 0.3) is 0 Å². The molecule has 0 unspecified atom stereocenters. The predicted molar refractivity (Wildman–Crippen MR) is 200 cm³/mol. The standard InChI is InChI=1S/C19H42N.C18H36O2.C3H9N/c1-5-6-7-8-9-10-11-12-13-14-15-16-17-18-19-20(2,3)4;1-2-3-4-5-6-7-8-9-10-11-12-13-14-15-16-17-18(19)20;1-4(2)3/h5-19H2,1-4H3;2-17H2,1H3,(H,19,20);1-3H3/q+1;;. The van der Waals surface area contributed by atoms with Gasteiger partial charge in [0.25, 0.3) is 0 Å². The van der Waals surface area contributed by atoms with Crippen molar-refractivity contribution < 1.29 is 14.4 Å². The molecule has 0 heterocycles. The minimum atomic E-state index is -0.653. The van der Waals surface area contributed by atoms with Crippen molar-refractivity contribution in [1.82, 2.24) is 4.90 Å². The van der Waals surface area contributed by atoms with Crippen LogP contribution >= 0.6 is 0 Å². The molecule has 0 aliphatic heterocycles. The number of unbranched alkanes of at least 4 members (excludes halogenated alkanes) is 27. The first-order chi connectivity index (χ1) is 21.1. The van der Waals surface area contributed by atoms with E-state index in [0.29, 0.717) is 6.42 Å². The van der Waals surface area contributed by atoms with E-state index >= 15 is 0 Å². The molecule has 0 aromatic heterocycles. The molecule has 0 bridgehead atoms. The Kier molecular flexibility index (Phi) is 43.9. The Labute approximate surface area is 280 Å². The number of carbonyl (C=O) groups is 1. The fraction of sp³-hybridized carbons (Fsp3) is 0.975. The molecule has 1 N–H and O–H groups in total. The van der Waals surface area contributed by atoms with Crippen molar-refractivity contribution in [2.75, 3.05) is 48.8 Å². The highest BCUT2D eigenvalue weighted by atomic mass is 16.4. The zero-order valence-electron chi connectivity index (χ0n) is 32.2. The van der Waals surface area contributed by atoms with E-state index in [-0.39, 0.29) is 0 Å². The van der Waals surface area contributed by atoms with Crippen LogP contribution in [0.3, 0.4) is 0 Å². The Morgan fingerprint density at radius 2 is 0.636 bits per heavy atom. The molecule has 268 valence electrons. The molecule has 0 aliphatic carbocycles. The van der Waals surface area contributed by atoms with Gasteiger partial charge in [-0.2, -0.15) is 0 Å². The fourth-order valence-electron chi connectivity index (χ4n) is 5.43. The first-order valence-corrected chi connectivity index (χ1v) is 19.7. The summed E-state index contributed by atoms with van der Waals surface area (Å²) in [6.45, 7) is 5.90. The third-order valence-electron chi connectivity index (χ3n) is 8.18. The summed E-state index contributed by atoms with van der Waals surface area (Å²) in [4.78, 5) is 12.3. The molecular weight excluding hydrogens is 540 g/mol. The molecule has 0 radical (unpaired) electrons. The van der Waals surface area contributed by atoms with E-state index in [1.165, 1.54) is 180 Å². The monoisotopic (exact) mass is 628 g/mol. The molecule has 4 nitrogen and oxygen atoms in total. The smallest absolute Gasteiger partial charge is 0.303 e. The van der Waals surface area contributed by atoms with Gasteiger partial charge in [-0.25, -0.2) is 0 Å². The van der Waals surface area contributed by atoms with E-state index in [0.717, 1.165) is 17.3 Å². The molecule has 0 saturated carbocycles. The number of aliphatic carboxylic acids is 1. The van der Waals surface area contributed by atoms with Crippen molar-refractivity contribution in [2.45, 2.75) is 206 Å². The maximum absolute atomic E-state index is 10.3. The van der Waals surface area contributed by atoms with Crippen molar-refractivity contribution in [2.24, 2.45) is 0 Å². The van der Waals surface area contributed by atoms with Crippen molar-refractivity contribution >= 4 is 5.97 Å². The van der Waals surface area contributed by atoms with Crippen LogP contribution in [0.5, 0.6) is 0 Å². The highest BCUT2D eigenvalue weighted by Gasteiger charge is 2.05. The topological polar surface area (TPSA) is 40.5 Å². The van der Waals surface area contributed by atoms with E-state index in [4.69, 9.17) is 5.11 Å². The summed E-state index contributed by atoms with van der Waals surface area (Å²) < 4.78 is 1.12. The SMILES string of the molecule is CCCCCCCCCCCCCCCCCC(=O)O.CCCCCCCCCCCCCCCC[N+](C)(C)C.CN(C)C. The Morgan fingerprint density at radius 1 is 0.432 bits per heavy atom. The minimum absolute atomic E-state index is 0.345. The van der Waals surface area contributed by atoms with Gasteiger partial charge >= 0.3 is 5.97 Å². The van der Waals surface area contributed by atoms with Gasteiger partial charge in [0.1, 0.15) is 0 Å². The van der Waals surface area contributed by atoms with Gasteiger partial charge in [0.15, 0.2) is 0 Å². The summed E-state index contributed by atoms with van der Waals surface area (Å²) in [5.41, 5.74) is 0. The summed E-state index contributed by atoms with van der Waals surface area (Å²) in [5, 5.41) is 8.52. The van der Waals surface area contributed by atoms with Gasteiger partial charge in [0.05, 0.1) is 27.7 Å². The number of nitrogens with zero attached hydrogens (tertiary/aromatic N) is 2. The van der Waals surface area contributed by atoms with Gasteiger partial charge in [0, 0.05) is 6.42 Å². The van der Waals surface area contributed by atoms with Crippen LogP contribution in [0, 0.1) is 0 Å². The quantitative estimate of drug-likeness (QED) is 0.0614. The second-order valence-corrected chi connectivity index (χ2v) is 15.0. The zero-order chi connectivity index (χ0) is 33.6. The number of carboxylic acids is 1. The summed E-state index contributed by atoms with van der Waals surface area (Å²) in [5.74, 6) is -0.653. The predicted octanol–water partition coefficient (Wildman–Crippen LogP) is 12.7. The highest BCUT2D eigenvalue weighted by Crippen LogP contribution is 2.15. The molecule has 0 fully saturated rings. The lowest BCUT2D eigenvalue weighted by atomic mass is 10.0. The molecular formula is C40H87N2O2+. The van der Waals surface area contributed by atoms with Crippen LogP contribution in [-0.4, -0.2) is 69.3 Å². The molecule has 0 amide bonds. The largest absolute Gasteiger partial charge is 0.481 e. The van der Waals surface area contributed by atoms with E-state index in [1.54, 1.807) is 0 Å². The second kappa shape index (κ2) is 40.4. The number of hydrogen-bond donors (Lipinski definition) is 1. The lowest BCUT2D eigenvalue weighted by Crippen LogP contribution is -2.35. The average molecular weight is 628 g/mol. The summed E-state index contributed by atoms with van der Waals surface area (Å²) in [6, 6.07) is 0. The van der Waals surface area contributed by atoms with Crippen LogP contribution in [0.1, 0.15) is 206 Å². The maximum atomic E-state index is 10.3. The van der Waals surface area contributed by atoms with Crippen LogP contribution < -0.4 is 0 Å². The molecule has 44 heavy (non-hydrogen) atoms. The Balaban J connectivity index is -0.000000680. The van der Waals surface area contributed by atoms with Crippen molar-refractivity contribution in [1.29, 1.82) is 0 Å². The first-order valence-electron chi connectivity index (χ1n) is 19.7. The molecule has 0 aromatic carbocycles. The van der Waals surface area contributed by atoms with E-state index < -0.39 is 5.97 Å². The van der Waals surface area contributed by atoms with Crippen molar-refractivity contribution in [3.63, 3.8) is 0 Å². The van der Waals surface area contributed by atoms with Crippen molar-refractivity contribution in [3.8, 4) is 0 Å². The lowest BCUT2D eigenvalue weighted by molar-refractivity contribution is -0.870. The van der Waals surface area contributed by atoms with Crippen LogP contribution in [0.2, 0.25) is 0 Å². The minimum Gasteiger partial charge on any atom is -0.481 e. The molecule has 4 heteroatoms. The first kappa shape index (κ1) is 47.8. The van der Waals surface area contributed by atoms with E-state index in [2.05, 4.69) is 35.0 Å². The second-order valence-electron chi connectivity index (χ2n) is 15.0. The van der Waals surface area contributed by atoms with Gasteiger partial charge in [-0.15, -0.1) is 0 Å². The normalized spacial score (nSPS) is 11.2. The third-order valence-corrected chi connectivity index (χ3v) is 8.18. The van der Waals surface area contributed by atoms with Gasteiger partial charge in [-0.1, -0.05) is 181 Å². The van der Waals surface area contributed by atoms with Gasteiger partial charge < -0.3 is 14.5 Å². The van der Waals surface area contributed by atoms with Crippen molar-refractivity contribution in [3.05, 3.63) is 0 Å². The summed E-state index contributed by atoms with van der Waals surface area (Å²) in [7, 11) is 12.9. The summed E-state index contributed by atoms with van der Waals surface area (Å²) >= 11 is 0. The molecule has 0 spiro atoms. The van der Waals surface area contributed by atoms with Gasteiger partial charge in [0.2, 0.25) is 0 Å². The average Bonchev–Trinajstić information content (AvgIpc) is 2.94.